The van der Waals surface area contributed by atoms with E-state index in [0.717, 1.165) is 28.1 Å². The molecular formula is C42H42N6O7S. The fraction of sp³-hybridized carbons (Fsp3) is 0.286. The normalized spacial score (nSPS) is 12.2. The number of carbonyl (C=O) groups is 4. The molecule has 0 saturated heterocycles. The van der Waals surface area contributed by atoms with Crippen LogP contribution in [0.25, 0.3) is 43.7 Å². The van der Waals surface area contributed by atoms with Gasteiger partial charge in [-0.25, -0.2) is 14.6 Å². The van der Waals surface area contributed by atoms with Crippen molar-refractivity contribution in [3.05, 3.63) is 94.9 Å². The molecule has 0 saturated carbocycles. The molecule has 2 aromatic carbocycles. The summed E-state index contributed by atoms with van der Waals surface area (Å²) in [7, 11) is 1.23. The van der Waals surface area contributed by atoms with Crippen molar-refractivity contribution >= 4 is 51.8 Å². The van der Waals surface area contributed by atoms with Gasteiger partial charge in [-0.3, -0.25) is 18.8 Å². The first-order valence-electron chi connectivity index (χ1n) is 18.4. The highest BCUT2D eigenvalue weighted by atomic mass is 32.1. The largest absolute Gasteiger partial charge is 0.493 e. The molecule has 0 bridgehead atoms. The number of thiophene rings is 1. The summed E-state index contributed by atoms with van der Waals surface area (Å²) in [6.45, 7) is 10.7. The molecule has 0 spiro atoms. The first-order chi connectivity index (χ1) is 26.9. The molecule has 6 aromatic rings. The number of hydrogen-bond donors (Lipinski definition) is 2. The van der Waals surface area contributed by atoms with Crippen LogP contribution in [0.1, 0.15) is 77.9 Å². The van der Waals surface area contributed by atoms with Gasteiger partial charge in [0.1, 0.15) is 17.0 Å². The molecule has 0 radical (unpaired) electrons. The summed E-state index contributed by atoms with van der Waals surface area (Å²) in [6, 6.07) is 15.9. The number of hydrogen-bond acceptors (Lipinski definition) is 10. The number of aromatic nitrogens is 4. The van der Waals surface area contributed by atoms with Crippen LogP contribution in [0.2, 0.25) is 0 Å². The summed E-state index contributed by atoms with van der Waals surface area (Å²) in [5.74, 6) is -1.16. The summed E-state index contributed by atoms with van der Waals surface area (Å²) in [5.41, 5.74) is 4.31. The second kappa shape index (κ2) is 15.5. The van der Waals surface area contributed by atoms with Crippen LogP contribution in [0.15, 0.2) is 72.4 Å². The molecule has 2 amide bonds. The predicted octanol–water partition coefficient (Wildman–Crippen LogP) is 8.21. The average Bonchev–Trinajstić information content (AvgIpc) is 3.94. The molecule has 0 unspecified atom stereocenters. The molecule has 14 heteroatoms. The number of nitrogens with one attached hydrogen (secondary N) is 2. The highest BCUT2D eigenvalue weighted by Crippen LogP contribution is 2.44. The van der Waals surface area contributed by atoms with Gasteiger partial charge >= 0.3 is 12.1 Å². The molecular weight excluding hydrogens is 733 g/mol. The van der Waals surface area contributed by atoms with Crippen molar-refractivity contribution in [3.8, 4) is 38.6 Å². The molecule has 1 aliphatic rings. The minimum absolute atomic E-state index is 0.0339. The number of ether oxygens (including phenoxy) is 3. The zero-order chi connectivity index (χ0) is 39.7. The van der Waals surface area contributed by atoms with Crippen molar-refractivity contribution in [2.75, 3.05) is 25.6 Å². The minimum Gasteiger partial charge on any atom is -0.493 e. The smallest absolute Gasteiger partial charge is 0.418 e. The van der Waals surface area contributed by atoms with Crippen LogP contribution in [0, 0.1) is 0 Å². The van der Waals surface area contributed by atoms with Gasteiger partial charge in [0.15, 0.2) is 5.69 Å². The second-order valence-electron chi connectivity index (χ2n) is 14.2. The third-order valence-corrected chi connectivity index (χ3v) is 10.3. The summed E-state index contributed by atoms with van der Waals surface area (Å²) in [4.78, 5) is 59.9. The van der Waals surface area contributed by atoms with Crippen LogP contribution >= 0.6 is 11.3 Å². The number of methoxy groups -OCH3 is 1. The summed E-state index contributed by atoms with van der Waals surface area (Å²) in [6.07, 6.45) is 4.20. The second-order valence-corrected chi connectivity index (χ2v) is 15.1. The highest BCUT2D eigenvalue weighted by Gasteiger charge is 2.29. The number of esters is 1. The van der Waals surface area contributed by atoms with Crippen LogP contribution in [0.5, 0.6) is 5.75 Å². The average molecular weight is 775 g/mol. The first-order valence-corrected chi connectivity index (χ1v) is 19.3. The molecule has 4 aromatic heterocycles. The maximum atomic E-state index is 14.9. The summed E-state index contributed by atoms with van der Waals surface area (Å²) in [5, 5.41) is 13.1. The maximum absolute atomic E-state index is 14.9. The minimum atomic E-state index is -0.775. The number of aryl methyl sites for hydroxylation is 1. The summed E-state index contributed by atoms with van der Waals surface area (Å²) < 4.78 is 20.3. The van der Waals surface area contributed by atoms with Gasteiger partial charge in [0.2, 0.25) is 0 Å². The Hall–Kier alpha value is -6.28. The fourth-order valence-electron chi connectivity index (χ4n) is 6.77. The van der Waals surface area contributed by atoms with Crippen molar-refractivity contribution in [2.45, 2.75) is 59.6 Å². The fourth-order valence-corrected chi connectivity index (χ4v) is 7.74. The lowest BCUT2D eigenvalue weighted by atomic mass is 9.93. The molecule has 7 rings (SSSR count). The van der Waals surface area contributed by atoms with Crippen LogP contribution in [-0.4, -0.2) is 69.1 Å². The Balaban J connectivity index is 1.40. The maximum Gasteiger partial charge on any atom is 0.418 e. The van der Waals surface area contributed by atoms with Gasteiger partial charge < -0.3 is 24.8 Å². The number of carbonyl (C=O) groups excluding carboxylic acids is 4. The van der Waals surface area contributed by atoms with Gasteiger partial charge in [0.05, 0.1) is 30.6 Å². The van der Waals surface area contributed by atoms with Crippen molar-refractivity contribution < 1.29 is 33.4 Å². The Morgan fingerprint density at radius 1 is 0.964 bits per heavy atom. The van der Waals surface area contributed by atoms with Gasteiger partial charge in [0, 0.05) is 70.0 Å². The van der Waals surface area contributed by atoms with E-state index in [9.17, 15) is 19.2 Å². The molecule has 0 atom stereocenters. The number of anilines is 1. The Morgan fingerprint density at radius 2 is 1.79 bits per heavy atom. The molecule has 56 heavy (non-hydrogen) atoms. The standard InChI is InChI=1S/C42H42N6O7S/c1-7-17-43-39(50)31-10-9-25(36(45-31)40(51)53-6)27-23-34-29(37-24(15-20-54-34)16-21-56-37)22-28(27)38(49)46-30-11-12-32-26(35(30)33-13-18-44-48(33)8-2)14-19-47(32)41(52)55-42(3,4)5/h9-14,16,18-19,21-23H,7-8,15,17,20H2,1-6H3,(H,43,50)(H,46,49). The Morgan fingerprint density at radius 3 is 2.54 bits per heavy atom. The Bertz CT molecular complexity index is 2510. The molecule has 2 N–H and O–H groups in total. The van der Waals surface area contributed by atoms with Crippen molar-refractivity contribution in [3.63, 3.8) is 0 Å². The monoisotopic (exact) mass is 774 g/mol. The van der Waals surface area contributed by atoms with E-state index in [-0.39, 0.29) is 22.5 Å². The van der Waals surface area contributed by atoms with E-state index in [1.165, 1.54) is 17.7 Å². The SMILES string of the molecule is CCCNC(=O)c1ccc(-c2cc3c(cc2C(=O)Nc2ccc4c(ccn4C(=O)OC(C)(C)C)c2-c2ccnn2CC)-c2sccc2CCO3)c(C(=O)OC)n1. The molecule has 0 aliphatic carbocycles. The van der Waals surface area contributed by atoms with E-state index >= 15 is 0 Å². The van der Waals surface area contributed by atoms with Crippen molar-refractivity contribution in [2.24, 2.45) is 0 Å². The van der Waals surface area contributed by atoms with Gasteiger partial charge in [-0.05, 0) is 99.7 Å². The molecule has 13 nitrogen and oxygen atoms in total. The number of benzene rings is 2. The highest BCUT2D eigenvalue weighted by molar-refractivity contribution is 7.13. The number of nitrogens with zero attached hydrogens (tertiary/aromatic N) is 4. The van der Waals surface area contributed by atoms with Crippen LogP contribution in [0.3, 0.4) is 0 Å². The lowest BCUT2D eigenvalue weighted by molar-refractivity contribution is 0.0542. The molecule has 0 fully saturated rings. The Labute approximate surface area is 327 Å². The third kappa shape index (κ3) is 7.27. The summed E-state index contributed by atoms with van der Waals surface area (Å²) >= 11 is 1.55. The van der Waals surface area contributed by atoms with Gasteiger partial charge in [0.25, 0.3) is 11.8 Å². The predicted molar refractivity (Wildman–Crippen MR) is 215 cm³/mol. The molecule has 5 heterocycles. The topological polar surface area (TPSA) is 156 Å². The number of fused-ring (bicyclic) bond motifs is 4. The van der Waals surface area contributed by atoms with Crippen LogP contribution in [0.4, 0.5) is 10.5 Å². The Kier molecular flexibility index (Phi) is 10.5. The van der Waals surface area contributed by atoms with E-state index < -0.39 is 29.5 Å². The van der Waals surface area contributed by atoms with E-state index in [4.69, 9.17) is 14.2 Å². The quantitative estimate of drug-likeness (QED) is 0.138. The van der Waals surface area contributed by atoms with E-state index in [0.29, 0.717) is 59.6 Å². The van der Waals surface area contributed by atoms with Gasteiger partial charge in [-0.2, -0.15) is 5.10 Å². The lowest BCUT2D eigenvalue weighted by Crippen LogP contribution is -2.26. The molecule has 288 valence electrons. The van der Waals surface area contributed by atoms with Crippen LogP contribution < -0.4 is 15.4 Å². The van der Waals surface area contributed by atoms with E-state index in [1.54, 1.807) is 74.8 Å². The molecule has 1 aliphatic heterocycles. The van der Waals surface area contributed by atoms with Crippen LogP contribution in [-0.2, 0) is 22.4 Å². The van der Waals surface area contributed by atoms with E-state index in [2.05, 4.69) is 26.8 Å². The zero-order valence-electron chi connectivity index (χ0n) is 32.0. The third-order valence-electron chi connectivity index (χ3n) is 9.30. The van der Waals surface area contributed by atoms with Gasteiger partial charge in [-0.1, -0.05) is 6.92 Å². The van der Waals surface area contributed by atoms with Crippen molar-refractivity contribution in [1.29, 1.82) is 0 Å². The lowest BCUT2D eigenvalue weighted by Gasteiger charge is -2.20. The first kappa shape index (κ1) is 38.0. The number of rotatable bonds is 9. The number of pyridine rings is 1. The van der Waals surface area contributed by atoms with Crippen molar-refractivity contribution in [1.82, 2.24) is 24.6 Å². The van der Waals surface area contributed by atoms with Gasteiger partial charge in [-0.15, -0.1) is 11.3 Å². The van der Waals surface area contributed by atoms with E-state index in [1.807, 2.05) is 36.0 Å². The number of amides is 2. The zero-order valence-corrected chi connectivity index (χ0v) is 32.8.